The SMILES string of the molecule is CNC(=O)/C=C/CCCC(=O)Nc1cccn(Cc2nc3c(CCC(F)(F)F)cc(F)cc3[nH]2)c1=O. The fourth-order valence-corrected chi connectivity index (χ4v) is 3.53. The fourth-order valence-electron chi connectivity index (χ4n) is 3.53. The maximum absolute atomic E-state index is 13.9. The lowest BCUT2D eigenvalue weighted by Crippen LogP contribution is -2.26. The van der Waals surface area contributed by atoms with Crippen LogP contribution in [0.5, 0.6) is 0 Å². The van der Waals surface area contributed by atoms with E-state index in [0.717, 1.165) is 12.1 Å². The number of nitrogens with zero attached hydrogens (tertiary/aromatic N) is 2. The number of rotatable bonds is 10. The van der Waals surface area contributed by atoms with E-state index in [4.69, 9.17) is 0 Å². The van der Waals surface area contributed by atoms with Crippen molar-refractivity contribution in [1.82, 2.24) is 19.9 Å². The van der Waals surface area contributed by atoms with Gasteiger partial charge in [-0.25, -0.2) is 9.37 Å². The molecule has 36 heavy (non-hydrogen) atoms. The molecule has 192 valence electrons. The van der Waals surface area contributed by atoms with E-state index in [1.165, 1.54) is 30.0 Å². The number of carbonyl (C=O) groups is 2. The van der Waals surface area contributed by atoms with E-state index in [-0.39, 0.29) is 52.9 Å². The Balaban J connectivity index is 1.69. The molecule has 3 N–H and O–H groups in total. The molecule has 0 bridgehead atoms. The second-order valence-corrected chi connectivity index (χ2v) is 8.07. The number of imidazole rings is 1. The highest BCUT2D eigenvalue weighted by Gasteiger charge is 2.27. The predicted octanol–water partition coefficient (Wildman–Crippen LogP) is 3.82. The number of hydrogen-bond acceptors (Lipinski definition) is 4. The summed E-state index contributed by atoms with van der Waals surface area (Å²) in [6, 6.07) is 5.16. The van der Waals surface area contributed by atoms with Gasteiger partial charge in [0.2, 0.25) is 11.8 Å². The normalized spacial score (nSPS) is 11.8. The van der Waals surface area contributed by atoms with Gasteiger partial charge in [0.05, 0.1) is 17.6 Å². The van der Waals surface area contributed by atoms with Crippen molar-refractivity contribution >= 4 is 28.5 Å². The van der Waals surface area contributed by atoms with Gasteiger partial charge in [-0.1, -0.05) is 6.08 Å². The molecule has 0 saturated heterocycles. The highest BCUT2D eigenvalue weighted by molar-refractivity contribution is 5.90. The molecule has 0 fully saturated rings. The first-order valence-corrected chi connectivity index (χ1v) is 11.2. The Morgan fingerprint density at radius 2 is 2.03 bits per heavy atom. The maximum Gasteiger partial charge on any atom is 0.389 e. The number of H-pyrrole nitrogens is 1. The smallest absolute Gasteiger partial charge is 0.356 e. The van der Waals surface area contributed by atoms with Crippen molar-refractivity contribution < 1.29 is 27.2 Å². The van der Waals surface area contributed by atoms with Crippen molar-refractivity contribution in [2.24, 2.45) is 0 Å². The van der Waals surface area contributed by atoms with Gasteiger partial charge in [0.15, 0.2) is 0 Å². The van der Waals surface area contributed by atoms with Crippen LogP contribution in [-0.4, -0.2) is 39.6 Å². The first-order chi connectivity index (χ1) is 17.1. The van der Waals surface area contributed by atoms with Gasteiger partial charge in [-0.2, -0.15) is 13.2 Å². The maximum atomic E-state index is 13.9. The fraction of sp³-hybridized carbons (Fsp3) is 0.333. The Morgan fingerprint density at radius 3 is 2.75 bits per heavy atom. The number of hydrogen-bond donors (Lipinski definition) is 3. The number of allylic oxidation sites excluding steroid dienone is 1. The van der Waals surface area contributed by atoms with E-state index in [2.05, 4.69) is 20.6 Å². The Hall–Kier alpha value is -3.96. The van der Waals surface area contributed by atoms with Gasteiger partial charge in [-0.15, -0.1) is 0 Å². The molecule has 8 nitrogen and oxygen atoms in total. The lowest BCUT2D eigenvalue weighted by Gasteiger charge is -2.08. The van der Waals surface area contributed by atoms with Crippen LogP contribution in [0, 0.1) is 5.82 Å². The van der Waals surface area contributed by atoms with Crippen molar-refractivity contribution in [2.75, 3.05) is 12.4 Å². The number of amides is 2. The van der Waals surface area contributed by atoms with Gasteiger partial charge in [-0.3, -0.25) is 14.4 Å². The molecule has 0 aliphatic carbocycles. The largest absolute Gasteiger partial charge is 0.389 e. The zero-order valence-electron chi connectivity index (χ0n) is 19.4. The van der Waals surface area contributed by atoms with Crippen molar-refractivity contribution in [3.63, 3.8) is 0 Å². The summed E-state index contributed by atoms with van der Waals surface area (Å²) in [5, 5.41) is 5.00. The Labute approximate surface area is 203 Å². The van der Waals surface area contributed by atoms with Crippen LogP contribution in [-0.2, 0) is 22.6 Å². The minimum absolute atomic E-state index is 0.0522. The Morgan fingerprint density at radius 1 is 1.25 bits per heavy atom. The van der Waals surface area contributed by atoms with Gasteiger partial charge in [0, 0.05) is 26.1 Å². The van der Waals surface area contributed by atoms with Crippen molar-refractivity contribution in [3.05, 3.63) is 70.2 Å². The second kappa shape index (κ2) is 11.6. The van der Waals surface area contributed by atoms with Crippen LogP contribution in [0.1, 0.15) is 37.1 Å². The molecule has 0 radical (unpaired) electrons. The molecule has 2 heterocycles. The average molecular weight is 507 g/mol. The highest BCUT2D eigenvalue weighted by Crippen LogP contribution is 2.26. The van der Waals surface area contributed by atoms with Crippen molar-refractivity contribution in [2.45, 2.75) is 44.8 Å². The molecule has 0 saturated carbocycles. The van der Waals surface area contributed by atoms with E-state index in [9.17, 15) is 31.9 Å². The molecule has 0 aliphatic rings. The number of alkyl halides is 3. The number of aromatic amines is 1. The number of aromatic nitrogens is 3. The number of likely N-dealkylation sites (N-methyl/N-ethyl adjacent to an activating group) is 1. The number of fused-ring (bicyclic) bond motifs is 1. The van der Waals surface area contributed by atoms with Gasteiger partial charge >= 0.3 is 6.18 Å². The molecular weight excluding hydrogens is 482 g/mol. The predicted molar refractivity (Wildman–Crippen MR) is 126 cm³/mol. The summed E-state index contributed by atoms with van der Waals surface area (Å²) in [4.78, 5) is 43.3. The highest BCUT2D eigenvalue weighted by atomic mass is 19.4. The third-order valence-electron chi connectivity index (χ3n) is 5.26. The molecule has 0 atom stereocenters. The molecule has 0 aliphatic heterocycles. The quantitative estimate of drug-likeness (QED) is 0.220. The zero-order valence-corrected chi connectivity index (χ0v) is 19.4. The average Bonchev–Trinajstić information content (AvgIpc) is 3.21. The summed E-state index contributed by atoms with van der Waals surface area (Å²) in [5.41, 5.74) is 0.0952. The molecule has 2 amide bonds. The van der Waals surface area contributed by atoms with Crippen LogP contribution in [0.3, 0.4) is 0 Å². The summed E-state index contributed by atoms with van der Waals surface area (Å²) in [6.45, 7) is -0.0676. The molecular formula is C24H25F4N5O3. The Kier molecular flexibility index (Phi) is 8.62. The number of carbonyl (C=O) groups excluding carboxylic acids is 2. The molecule has 0 spiro atoms. The topological polar surface area (TPSA) is 109 Å². The molecule has 2 aromatic heterocycles. The van der Waals surface area contributed by atoms with Crippen molar-refractivity contribution in [1.29, 1.82) is 0 Å². The summed E-state index contributed by atoms with van der Waals surface area (Å²) in [5.74, 6) is -1.05. The standard InChI is InChI=1S/C24H25F4N5O3/c1-29-20(34)7-3-2-4-8-21(35)31-17-6-5-11-33(23(17)36)14-19-30-18-13-16(25)12-15(22(18)32-19)9-10-24(26,27)28/h3,5-7,11-13H,2,4,8-10,14H2,1H3,(H,29,34)(H,30,32)(H,31,35)/b7-3+. The molecule has 3 aromatic rings. The van der Waals surface area contributed by atoms with Crippen molar-refractivity contribution in [3.8, 4) is 0 Å². The molecule has 0 unspecified atom stereocenters. The minimum atomic E-state index is -4.39. The second-order valence-electron chi connectivity index (χ2n) is 8.07. The van der Waals surface area contributed by atoms with Gasteiger partial charge in [-0.05, 0) is 55.2 Å². The van der Waals surface area contributed by atoms with Crippen LogP contribution in [0.15, 0.2) is 47.4 Å². The van der Waals surface area contributed by atoms with E-state index < -0.39 is 30.4 Å². The lowest BCUT2D eigenvalue weighted by molar-refractivity contribution is -0.134. The minimum Gasteiger partial charge on any atom is -0.356 e. The summed E-state index contributed by atoms with van der Waals surface area (Å²) in [7, 11) is 1.51. The van der Waals surface area contributed by atoms with Crippen LogP contribution in [0.25, 0.3) is 11.0 Å². The number of anilines is 1. The summed E-state index contributed by atoms with van der Waals surface area (Å²) >= 11 is 0. The number of halogens is 4. The third-order valence-corrected chi connectivity index (χ3v) is 5.26. The molecule has 1 aromatic carbocycles. The van der Waals surface area contributed by atoms with Crippen LogP contribution in [0.2, 0.25) is 0 Å². The van der Waals surface area contributed by atoms with Gasteiger partial charge in [0.1, 0.15) is 17.3 Å². The summed E-state index contributed by atoms with van der Waals surface area (Å²) < 4.78 is 53.1. The van der Waals surface area contributed by atoms with E-state index >= 15 is 0 Å². The third kappa shape index (κ3) is 7.52. The summed E-state index contributed by atoms with van der Waals surface area (Å²) in [6.07, 6.45) is -0.302. The number of unbranched alkanes of at least 4 members (excludes halogenated alkanes) is 1. The van der Waals surface area contributed by atoms with Crippen LogP contribution < -0.4 is 16.2 Å². The Bertz CT molecular complexity index is 1330. The lowest BCUT2D eigenvalue weighted by atomic mass is 10.1. The first-order valence-electron chi connectivity index (χ1n) is 11.2. The number of aryl methyl sites for hydroxylation is 1. The van der Waals surface area contributed by atoms with E-state index in [0.29, 0.717) is 12.8 Å². The van der Waals surface area contributed by atoms with E-state index in [1.54, 1.807) is 12.1 Å². The number of nitrogens with one attached hydrogen (secondary N) is 3. The monoisotopic (exact) mass is 507 g/mol. The van der Waals surface area contributed by atoms with Crippen LogP contribution >= 0.6 is 0 Å². The molecule has 3 rings (SSSR count). The first kappa shape index (κ1) is 26.6. The number of benzene rings is 1. The van der Waals surface area contributed by atoms with E-state index in [1.807, 2.05) is 0 Å². The van der Waals surface area contributed by atoms with Gasteiger partial charge < -0.3 is 20.2 Å². The zero-order chi connectivity index (χ0) is 26.3. The number of pyridine rings is 1. The van der Waals surface area contributed by atoms with Crippen LogP contribution in [0.4, 0.5) is 23.2 Å². The molecule has 12 heteroatoms. The van der Waals surface area contributed by atoms with Gasteiger partial charge in [0.25, 0.3) is 5.56 Å².